The summed E-state index contributed by atoms with van der Waals surface area (Å²) in [5, 5.41) is 1.12. The molecule has 0 fully saturated rings. The minimum atomic E-state index is -0.386. The lowest BCUT2D eigenvalue weighted by Gasteiger charge is -2.20. The maximum atomic E-state index is 14.2. The molecule has 0 bridgehead atoms. The highest BCUT2D eigenvalue weighted by Gasteiger charge is 2.15. The number of hydrogen-bond donors (Lipinski definition) is 0. The van der Waals surface area contributed by atoms with Crippen LogP contribution in [0.15, 0.2) is 24.5 Å². The van der Waals surface area contributed by atoms with Crippen molar-refractivity contribution >= 4 is 29.0 Å². The van der Waals surface area contributed by atoms with Gasteiger partial charge in [0.2, 0.25) is 0 Å². The van der Waals surface area contributed by atoms with Gasteiger partial charge in [-0.15, -0.1) is 0 Å². The van der Waals surface area contributed by atoms with Crippen LogP contribution in [0.1, 0.15) is 18.2 Å². The van der Waals surface area contributed by atoms with Crippen LogP contribution in [0.2, 0.25) is 10.0 Å². The summed E-state index contributed by atoms with van der Waals surface area (Å²) in [6.45, 7) is 2.29. The number of rotatable bonds is 4. The zero-order valence-corrected chi connectivity index (χ0v) is 12.7. The van der Waals surface area contributed by atoms with Crippen molar-refractivity contribution in [2.75, 3.05) is 11.9 Å². The number of nitrogens with zero attached hydrogens (tertiary/aromatic N) is 3. The van der Waals surface area contributed by atoms with Gasteiger partial charge in [0.1, 0.15) is 6.33 Å². The summed E-state index contributed by atoms with van der Waals surface area (Å²) >= 11 is 12.0. The second-order valence-electron chi connectivity index (χ2n) is 4.40. The molecular formula is C14H14Cl2FN3. The van der Waals surface area contributed by atoms with Gasteiger partial charge in [0.15, 0.2) is 11.6 Å². The molecular weight excluding hydrogens is 300 g/mol. The van der Waals surface area contributed by atoms with Gasteiger partial charge in [0.25, 0.3) is 0 Å². The standard InChI is InChI=1S/C14H14Cl2FN3/c1-3-12-13(17)14(19-8-18-12)20(2)7-9-4-5-10(15)6-11(9)16/h4-6,8H,3,7H2,1-2H3. The first-order valence-corrected chi connectivity index (χ1v) is 6.93. The smallest absolute Gasteiger partial charge is 0.187 e. The monoisotopic (exact) mass is 313 g/mol. The number of benzene rings is 1. The van der Waals surface area contributed by atoms with Crippen LogP contribution in [-0.4, -0.2) is 17.0 Å². The Hall–Kier alpha value is -1.39. The Kier molecular flexibility index (Phi) is 4.78. The van der Waals surface area contributed by atoms with Gasteiger partial charge in [0.05, 0.1) is 5.69 Å². The Labute approximate surface area is 127 Å². The van der Waals surface area contributed by atoms with Gasteiger partial charge in [-0.05, 0) is 24.1 Å². The molecule has 0 saturated heterocycles. The highest BCUT2D eigenvalue weighted by Crippen LogP contribution is 2.24. The van der Waals surface area contributed by atoms with Gasteiger partial charge in [-0.2, -0.15) is 0 Å². The van der Waals surface area contributed by atoms with E-state index in [9.17, 15) is 4.39 Å². The van der Waals surface area contributed by atoms with Crippen LogP contribution in [0.3, 0.4) is 0 Å². The molecule has 6 heteroatoms. The minimum absolute atomic E-state index is 0.267. The van der Waals surface area contributed by atoms with Gasteiger partial charge in [-0.1, -0.05) is 36.2 Å². The van der Waals surface area contributed by atoms with E-state index in [0.29, 0.717) is 28.7 Å². The third kappa shape index (κ3) is 3.19. The second-order valence-corrected chi connectivity index (χ2v) is 5.25. The molecule has 0 amide bonds. The third-order valence-corrected chi connectivity index (χ3v) is 3.55. The van der Waals surface area contributed by atoms with Crippen LogP contribution in [0.5, 0.6) is 0 Å². The molecule has 0 radical (unpaired) electrons. The zero-order valence-electron chi connectivity index (χ0n) is 11.2. The van der Waals surface area contributed by atoms with E-state index in [0.717, 1.165) is 5.56 Å². The Morgan fingerprint density at radius 1 is 1.25 bits per heavy atom. The summed E-state index contributed by atoms with van der Waals surface area (Å²) in [6.07, 6.45) is 1.90. The Morgan fingerprint density at radius 2 is 2.00 bits per heavy atom. The lowest BCUT2D eigenvalue weighted by atomic mass is 10.2. The van der Waals surface area contributed by atoms with E-state index >= 15 is 0 Å². The van der Waals surface area contributed by atoms with Crippen molar-refractivity contribution in [1.29, 1.82) is 0 Å². The molecule has 0 saturated carbocycles. The van der Waals surface area contributed by atoms with Crippen LogP contribution in [-0.2, 0) is 13.0 Å². The summed E-state index contributed by atoms with van der Waals surface area (Å²) in [4.78, 5) is 9.62. The molecule has 0 unspecified atom stereocenters. The third-order valence-electron chi connectivity index (χ3n) is 2.96. The molecule has 0 aliphatic heterocycles. The predicted molar refractivity (Wildman–Crippen MR) is 79.9 cm³/mol. The molecule has 2 aromatic rings. The quantitative estimate of drug-likeness (QED) is 0.850. The van der Waals surface area contributed by atoms with Crippen LogP contribution in [0, 0.1) is 5.82 Å². The largest absolute Gasteiger partial charge is 0.353 e. The van der Waals surface area contributed by atoms with Crippen LogP contribution in [0.4, 0.5) is 10.2 Å². The van der Waals surface area contributed by atoms with E-state index in [1.54, 1.807) is 24.1 Å². The van der Waals surface area contributed by atoms with Crippen molar-refractivity contribution in [3.8, 4) is 0 Å². The van der Waals surface area contributed by atoms with Gasteiger partial charge in [-0.3, -0.25) is 0 Å². The number of halogens is 3. The molecule has 2 rings (SSSR count). The summed E-state index contributed by atoms with van der Waals surface area (Å²) in [6, 6.07) is 5.24. The van der Waals surface area contributed by atoms with Crippen molar-refractivity contribution in [2.24, 2.45) is 0 Å². The lowest BCUT2D eigenvalue weighted by Crippen LogP contribution is -2.20. The SMILES string of the molecule is CCc1ncnc(N(C)Cc2ccc(Cl)cc2Cl)c1F. The fraction of sp³-hybridized carbons (Fsp3) is 0.286. The summed E-state index contributed by atoms with van der Waals surface area (Å²) < 4.78 is 14.2. The van der Waals surface area contributed by atoms with E-state index in [2.05, 4.69) is 9.97 Å². The van der Waals surface area contributed by atoms with Gasteiger partial charge < -0.3 is 4.90 Å². The van der Waals surface area contributed by atoms with Crippen molar-refractivity contribution < 1.29 is 4.39 Å². The predicted octanol–water partition coefficient (Wildman–Crippen LogP) is 4.12. The molecule has 1 heterocycles. The minimum Gasteiger partial charge on any atom is -0.353 e. The molecule has 106 valence electrons. The molecule has 20 heavy (non-hydrogen) atoms. The van der Waals surface area contributed by atoms with Crippen LogP contribution in [0.25, 0.3) is 0 Å². The Morgan fingerprint density at radius 3 is 2.65 bits per heavy atom. The van der Waals surface area contributed by atoms with Crippen molar-refractivity contribution in [3.05, 3.63) is 51.6 Å². The molecule has 0 aliphatic rings. The van der Waals surface area contributed by atoms with Gasteiger partial charge >= 0.3 is 0 Å². The fourth-order valence-electron chi connectivity index (χ4n) is 1.89. The topological polar surface area (TPSA) is 29.0 Å². The molecule has 0 aliphatic carbocycles. The second kappa shape index (κ2) is 6.37. The highest BCUT2D eigenvalue weighted by molar-refractivity contribution is 6.35. The Balaban J connectivity index is 2.26. The summed E-state index contributed by atoms with van der Waals surface area (Å²) in [5.74, 6) is -0.120. The lowest BCUT2D eigenvalue weighted by molar-refractivity contribution is 0.588. The molecule has 0 N–H and O–H groups in total. The van der Waals surface area contributed by atoms with E-state index in [-0.39, 0.29) is 11.6 Å². The Bertz CT molecular complexity index is 619. The maximum absolute atomic E-state index is 14.2. The molecule has 0 atom stereocenters. The van der Waals surface area contributed by atoms with E-state index in [1.807, 2.05) is 13.0 Å². The molecule has 1 aromatic heterocycles. The average molecular weight is 314 g/mol. The number of hydrogen-bond acceptors (Lipinski definition) is 3. The van der Waals surface area contributed by atoms with Gasteiger partial charge in [-0.25, -0.2) is 14.4 Å². The normalized spacial score (nSPS) is 10.7. The van der Waals surface area contributed by atoms with Crippen LogP contribution < -0.4 is 4.90 Å². The van der Waals surface area contributed by atoms with Crippen molar-refractivity contribution in [1.82, 2.24) is 9.97 Å². The number of aromatic nitrogens is 2. The fourth-order valence-corrected chi connectivity index (χ4v) is 2.36. The number of anilines is 1. The first-order valence-electron chi connectivity index (χ1n) is 6.17. The summed E-state index contributed by atoms with van der Waals surface area (Å²) in [7, 11) is 1.76. The van der Waals surface area contributed by atoms with Crippen LogP contribution >= 0.6 is 23.2 Å². The molecule has 1 aromatic carbocycles. The van der Waals surface area contributed by atoms with Crippen molar-refractivity contribution in [3.63, 3.8) is 0 Å². The molecule has 3 nitrogen and oxygen atoms in total. The molecule has 0 spiro atoms. The van der Waals surface area contributed by atoms with E-state index in [1.165, 1.54) is 6.33 Å². The van der Waals surface area contributed by atoms with E-state index in [4.69, 9.17) is 23.2 Å². The highest BCUT2D eigenvalue weighted by atomic mass is 35.5. The number of aryl methyl sites for hydroxylation is 1. The maximum Gasteiger partial charge on any atom is 0.187 e. The van der Waals surface area contributed by atoms with Gasteiger partial charge in [0, 0.05) is 23.6 Å². The zero-order chi connectivity index (χ0) is 14.7. The van der Waals surface area contributed by atoms with Crippen molar-refractivity contribution in [2.45, 2.75) is 19.9 Å². The first kappa shape index (κ1) is 15.0. The first-order chi connectivity index (χ1) is 9.52. The average Bonchev–Trinajstić information content (AvgIpc) is 2.42. The summed E-state index contributed by atoms with van der Waals surface area (Å²) in [5.41, 5.74) is 1.26. The van der Waals surface area contributed by atoms with E-state index < -0.39 is 0 Å².